The molecule has 0 amide bonds. The van der Waals surface area contributed by atoms with Crippen LogP contribution in [-0.4, -0.2) is 0 Å². The van der Waals surface area contributed by atoms with Crippen molar-refractivity contribution in [1.82, 2.24) is 5.73 Å². The Balaban J connectivity index is 3.03. The SMILES string of the molecule is [NH]c1ccc(I)cc1. The van der Waals surface area contributed by atoms with Crippen LogP contribution in [0.4, 0.5) is 5.69 Å². The fourth-order valence-electron chi connectivity index (χ4n) is 0.450. The van der Waals surface area contributed by atoms with Crippen molar-refractivity contribution < 1.29 is 0 Å². The quantitative estimate of drug-likeness (QED) is 0.596. The molecule has 8 heavy (non-hydrogen) atoms. The molecule has 41 valence electrons. The zero-order valence-corrected chi connectivity index (χ0v) is 6.34. The highest BCUT2D eigenvalue weighted by molar-refractivity contribution is 14.1. The van der Waals surface area contributed by atoms with E-state index in [1.54, 1.807) is 12.1 Å². The molecule has 0 aliphatic rings. The summed E-state index contributed by atoms with van der Waals surface area (Å²) in [5.74, 6) is 0. The molecule has 0 saturated carbocycles. The fraction of sp³-hybridized carbons (Fsp3) is 0. The van der Waals surface area contributed by atoms with Crippen LogP contribution in [0.1, 0.15) is 0 Å². The van der Waals surface area contributed by atoms with Gasteiger partial charge in [0, 0.05) is 3.57 Å². The second-order valence-corrected chi connectivity index (χ2v) is 2.75. The van der Waals surface area contributed by atoms with Crippen molar-refractivity contribution in [3.05, 3.63) is 27.8 Å². The average Bonchev–Trinajstić information content (AvgIpc) is 1.77. The molecular weight excluding hydrogens is 213 g/mol. The van der Waals surface area contributed by atoms with Crippen LogP contribution < -0.4 is 5.73 Å². The van der Waals surface area contributed by atoms with Crippen LogP contribution >= 0.6 is 22.6 Å². The van der Waals surface area contributed by atoms with E-state index < -0.39 is 0 Å². The van der Waals surface area contributed by atoms with Gasteiger partial charge in [0.15, 0.2) is 0 Å². The van der Waals surface area contributed by atoms with Crippen molar-refractivity contribution in [3.8, 4) is 0 Å². The van der Waals surface area contributed by atoms with Gasteiger partial charge in [0.1, 0.15) is 0 Å². The minimum absolute atomic E-state index is 0.574. The van der Waals surface area contributed by atoms with E-state index in [-0.39, 0.29) is 0 Å². The lowest BCUT2D eigenvalue weighted by Gasteiger charge is -1.87. The summed E-state index contributed by atoms with van der Waals surface area (Å²) in [6, 6.07) is 7.40. The van der Waals surface area contributed by atoms with Crippen molar-refractivity contribution in [3.63, 3.8) is 0 Å². The third kappa shape index (κ3) is 1.36. The van der Waals surface area contributed by atoms with Gasteiger partial charge < -0.3 is 5.73 Å². The molecule has 0 atom stereocenters. The molecule has 1 nitrogen and oxygen atoms in total. The van der Waals surface area contributed by atoms with Gasteiger partial charge in [0.25, 0.3) is 0 Å². The Hall–Kier alpha value is -0.250. The highest BCUT2D eigenvalue weighted by atomic mass is 127. The van der Waals surface area contributed by atoms with Crippen LogP contribution in [0.3, 0.4) is 0 Å². The summed E-state index contributed by atoms with van der Waals surface area (Å²) in [6.07, 6.45) is 0. The van der Waals surface area contributed by atoms with Crippen LogP contribution in [0, 0.1) is 3.57 Å². The summed E-state index contributed by atoms with van der Waals surface area (Å²) in [5.41, 5.74) is 7.66. The highest BCUT2D eigenvalue weighted by Crippen LogP contribution is 2.07. The molecule has 1 rings (SSSR count). The summed E-state index contributed by atoms with van der Waals surface area (Å²) < 4.78 is 1.18. The largest absolute Gasteiger partial charge is 0.301 e. The number of nitrogens with one attached hydrogen (secondary N) is 1. The minimum Gasteiger partial charge on any atom is -0.301 e. The molecule has 0 heterocycles. The van der Waals surface area contributed by atoms with Crippen molar-refractivity contribution in [1.29, 1.82) is 0 Å². The monoisotopic (exact) mass is 218 g/mol. The van der Waals surface area contributed by atoms with E-state index in [9.17, 15) is 0 Å². The summed E-state index contributed by atoms with van der Waals surface area (Å²) in [7, 11) is 0. The molecular formula is C6H5IN. The van der Waals surface area contributed by atoms with Crippen LogP contribution in [0.2, 0.25) is 0 Å². The summed E-state index contributed by atoms with van der Waals surface area (Å²) >= 11 is 2.21. The predicted octanol–water partition coefficient (Wildman–Crippen LogP) is 2.21. The van der Waals surface area contributed by atoms with Gasteiger partial charge in [0.2, 0.25) is 0 Å². The summed E-state index contributed by atoms with van der Waals surface area (Å²) in [5, 5.41) is 0. The topological polar surface area (TPSA) is 23.8 Å². The molecule has 0 fully saturated rings. The van der Waals surface area contributed by atoms with Gasteiger partial charge in [-0.25, -0.2) is 0 Å². The summed E-state index contributed by atoms with van der Waals surface area (Å²) in [4.78, 5) is 0. The van der Waals surface area contributed by atoms with E-state index in [0.717, 1.165) is 0 Å². The van der Waals surface area contributed by atoms with Gasteiger partial charge in [-0.2, -0.15) is 0 Å². The molecule has 0 spiro atoms. The molecule has 0 unspecified atom stereocenters. The first-order chi connectivity index (χ1) is 3.79. The van der Waals surface area contributed by atoms with Gasteiger partial charge in [-0.3, -0.25) is 0 Å². The Morgan fingerprint density at radius 2 is 1.62 bits per heavy atom. The van der Waals surface area contributed by atoms with Crippen LogP contribution in [0.5, 0.6) is 0 Å². The zero-order valence-electron chi connectivity index (χ0n) is 4.19. The number of halogens is 1. The van der Waals surface area contributed by atoms with Crippen molar-refractivity contribution in [2.24, 2.45) is 0 Å². The van der Waals surface area contributed by atoms with E-state index in [1.165, 1.54) is 3.57 Å². The lowest BCUT2D eigenvalue weighted by atomic mass is 10.3. The molecule has 2 heteroatoms. The Morgan fingerprint density at radius 3 is 2.00 bits per heavy atom. The molecule has 0 saturated heterocycles. The number of hydrogen-bond acceptors (Lipinski definition) is 0. The lowest BCUT2D eigenvalue weighted by molar-refractivity contribution is 1.47. The van der Waals surface area contributed by atoms with E-state index >= 15 is 0 Å². The second-order valence-electron chi connectivity index (χ2n) is 1.51. The predicted molar refractivity (Wildman–Crippen MR) is 41.9 cm³/mol. The van der Waals surface area contributed by atoms with Crippen LogP contribution in [-0.2, 0) is 0 Å². The standard InChI is InChI=1S/C6H5IN/c7-5-1-3-6(8)4-2-5/h1-4,8H. The maximum absolute atomic E-state index is 7.09. The third-order valence-electron chi connectivity index (χ3n) is 0.844. The molecule has 1 N–H and O–H groups in total. The first-order valence-corrected chi connectivity index (χ1v) is 3.34. The van der Waals surface area contributed by atoms with Gasteiger partial charge in [0.05, 0.1) is 5.69 Å². The lowest BCUT2D eigenvalue weighted by Crippen LogP contribution is -1.68. The zero-order chi connectivity index (χ0) is 5.98. The van der Waals surface area contributed by atoms with Crippen LogP contribution in [0.15, 0.2) is 24.3 Å². The van der Waals surface area contributed by atoms with E-state index in [4.69, 9.17) is 5.73 Å². The molecule has 0 aliphatic heterocycles. The molecule has 0 aliphatic carbocycles. The van der Waals surface area contributed by atoms with Crippen molar-refractivity contribution in [2.45, 2.75) is 0 Å². The minimum atomic E-state index is 0.574. The molecule has 0 bridgehead atoms. The second kappa shape index (κ2) is 2.35. The maximum Gasteiger partial charge on any atom is 0.0540 e. The highest BCUT2D eigenvalue weighted by Gasteiger charge is 1.82. The Morgan fingerprint density at radius 1 is 1.12 bits per heavy atom. The number of benzene rings is 1. The Kier molecular flexibility index (Phi) is 1.73. The van der Waals surface area contributed by atoms with Gasteiger partial charge in [-0.05, 0) is 46.9 Å². The first kappa shape index (κ1) is 5.88. The number of hydrogen-bond donors (Lipinski definition) is 0. The third-order valence-corrected chi connectivity index (χ3v) is 1.56. The first-order valence-electron chi connectivity index (χ1n) is 2.26. The fourth-order valence-corrected chi connectivity index (χ4v) is 0.809. The Labute approximate surface area is 62.0 Å². The Bertz CT molecular complexity index is 147. The van der Waals surface area contributed by atoms with Crippen LogP contribution in [0.25, 0.3) is 0 Å². The van der Waals surface area contributed by atoms with Gasteiger partial charge in [-0.1, -0.05) is 0 Å². The summed E-state index contributed by atoms with van der Waals surface area (Å²) in [6.45, 7) is 0. The van der Waals surface area contributed by atoms with Gasteiger partial charge >= 0.3 is 0 Å². The normalized spacial score (nSPS) is 9.12. The van der Waals surface area contributed by atoms with Crippen molar-refractivity contribution in [2.75, 3.05) is 0 Å². The van der Waals surface area contributed by atoms with Crippen molar-refractivity contribution >= 4 is 28.3 Å². The van der Waals surface area contributed by atoms with E-state index in [2.05, 4.69) is 22.6 Å². The van der Waals surface area contributed by atoms with E-state index in [1.807, 2.05) is 12.1 Å². The molecule has 1 radical (unpaired) electrons. The van der Waals surface area contributed by atoms with E-state index in [0.29, 0.717) is 5.69 Å². The molecule has 1 aromatic rings. The number of rotatable bonds is 0. The van der Waals surface area contributed by atoms with Gasteiger partial charge in [-0.15, -0.1) is 0 Å². The molecule has 1 aromatic carbocycles. The smallest absolute Gasteiger partial charge is 0.0540 e. The maximum atomic E-state index is 7.09. The average molecular weight is 218 g/mol. The molecule has 0 aromatic heterocycles.